The Labute approximate surface area is 120 Å². The van der Waals surface area contributed by atoms with E-state index in [1.807, 2.05) is 0 Å². The third-order valence-corrected chi connectivity index (χ3v) is 3.77. The van der Waals surface area contributed by atoms with Crippen molar-refractivity contribution < 1.29 is 19.0 Å². The molecule has 0 amide bonds. The summed E-state index contributed by atoms with van der Waals surface area (Å²) in [5.74, 6) is -1.35. The molecule has 0 radical (unpaired) electrons. The molecule has 1 unspecified atom stereocenters. The van der Waals surface area contributed by atoms with Gasteiger partial charge in [-0.2, -0.15) is 5.10 Å². The number of aromatic amines is 1. The van der Waals surface area contributed by atoms with Crippen LogP contribution in [0, 0.1) is 17.0 Å². The Morgan fingerprint density at radius 3 is 2.52 bits per heavy atom. The van der Waals surface area contributed by atoms with E-state index in [1.54, 1.807) is 13.8 Å². The first kappa shape index (κ1) is 15.5. The molecule has 0 bridgehead atoms. The van der Waals surface area contributed by atoms with Gasteiger partial charge in [0.2, 0.25) is 0 Å². The van der Waals surface area contributed by atoms with Gasteiger partial charge in [-0.05, 0) is 6.07 Å². The maximum Gasteiger partial charge on any atom is 0.153 e. The van der Waals surface area contributed by atoms with Gasteiger partial charge in [-0.1, -0.05) is 19.9 Å². The second kappa shape index (κ2) is 5.50. The number of hydrogen-bond donors (Lipinski definition) is 3. The van der Waals surface area contributed by atoms with E-state index in [1.165, 1.54) is 12.4 Å². The first-order chi connectivity index (χ1) is 9.80. The molecule has 0 aliphatic carbocycles. The Balaban J connectivity index is 2.54. The van der Waals surface area contributed by atoms with Crippen molar-refractivity contribution in [3.05, 3.63) is 47.5 Å². The third kappa shape index (κ3) is 2.79. The molecule has 5 nitrogen and oxygen atoms in total. The summed E-state index contributed by atoms with van der Waals surface area (Å²) in [6.45, 7) is 2.77. The van der Waals surface area contributed by atoms with Gasteiger partial charge < -0.3 is 10.2 Å². The molecule has 3 N–H and O–H groups in total. The molecule has 0 saturated heterocycles. The molecular formula is C14H17F2N3O2. The minimum absolute atomic E-state index is 0.104. The van der Waals surface area contributed by atoms with Gasteiger partial charge in [-0.3, -0.25) is 5.10 Å². The van der Waals surface area contributed by atoms with E-state index in [0.29, 0.717) is 6.07 Å². The van der Waals surface area contributed by atoms with Gasteiger partial charge in [0.15, 0.2) is 5.82 Å². The monoisotopic (exact) mass is 297 g/mol. The van der Waals surface area contributed by atoms with Crippen LogP contribution in [0.5, 0.6) is 0 Å². The summed E-state index contributed by atoms with van der Waals surface area (Å²) in [6, 6.07) is 2.94. The predicted octanol–water partition coefficient (Wildman–Crippen LogP) is 1.53. The summed E-state index contributed by atoms with van der Waals surface area (Å²) in [5, 5.41) is 27.0. The maximum atomic E-state index is 14.1. The standard InChI is InChI=1S/C14H17F2N3O2/c1-13(2,7-20)14(21,6-12-17-8-18-19-12)10-4-3-9(15)5-11(10)16/h3-5,8,20-21H,6-7H2,1-2H3,(H,17,18,19). The Morgan fingerprint density at radius 1 is 1.29 bits per heavy atom. The minimum Gasteiger partial charge on any atom is -0.396 e. The summed E-state index contributed by atoms with van der Waals surface area (Å²) in [7, 11) is 0. The van der Waals surface area contributed by atoms with Crippen LogP contribution >= 0.6 is 0 Å². The van der Waals surface area contributed by atoms with E-state index in [2.05, 4.69) is 15.2 Å². The lowest BCUT2D eigenvalue weighted by atomic mass is 9.69. The quantitative estimate of drug-likeness (QED) is 0.781. The highest BCUT2D eigenvalue weighted by Crippen LogP contribution is 2.42. The van der Waals surface area contributed by atoms with Crippen LogP contribution in [-0.2, 0) is 12.0 Å². The Morgan fingerprint density at radius 2 is 2.00 bits per heavy atom. The van der Waals surface area contributed by atoms with E-state index in [4.69, 9.17) is 0 Å². The van der Waals surface area contributed by atoms with Gasteiger partial charge in [0, 0.05) is 23.5 Å². The van der Waals surface area contributed by atoms with Gasteiger partial charge in [0.1, 0.15) is 23.6 Å². The van der Waals surface area contributed by atoms with Crippen molar-refractivity contribution >= 4 is 0 Å². The topological polar surface area (TPSA) is 82.0 Å². The number of aliphatic hydroxyl groups is 2. The zero-order valence-corrected chi connectivity index (χ0v) is 11.8. The Bertz CT molecular complexity index is 617. The third-order valence-electron chi connectivity index (χ3n) is 3.77. The van der Waals surface area contributed by atoms with E-state index < -0.39 is 29.3 Å². The number of hydrogen-bond acceptors (Lipinski definition) is 4. The molecule has 0 saturated carbocycles. The second-order valence-electron chi connectivity index (χ2n) is 5.62. The normalized spacial score (nSPS) is 15.0. The molecule has 0 spiro atoms. The lowest BCUT2D eigenvalue weighted by molar-refractivity contribution is -0.100. The van der Waals surface area contributed by atoms with Crippen LogP contribution in [0.4, 0.5) is 8.78 Å². The highest BCUT2D eigenvalue weighted by molar-refractivity contribution is 5.28. The molecular weight excluding hydrogens is 280 g/mol. The average Bonchev–Trinajstić information content (AvgIpc) is 2.90. The number of nitrogens with zero attached hydrogens (tertiary/aromatic N) is 2. The summed E-state index contributed by atoms with van der Waals surface area (Å²) >= 11 is 0. The van der Waals surface area contributed by atoms with E-state index >= 15 is 0 Å². The number of rotatable bonds is 5. The lowest BCUT2D eigenvalue weighted by Crippen LogP contribution is -2.47. The van der Waals surface area contributed by atoms with Crippen LogP contribution in [0.3, 0.4) is 0 Å². The summed E-state index contributed by atoms with van der Waals surface area (Å²) in [6.07, 6.45) is 1.22. The summed E-state index contributed by atoms with van der Waals surface area (Å²) in [5.41, 5.74) is -2.98. The van der Waals surface area contributed by atoms with Gasteiger partial charge in [0.25, 0.3) is 0 Å². The molecule has 2 rings (SSSR count). The minimum atomic E-state index is -1.79. The van der Waals surface area contributed by atoms with Crippen LogP contribution < -0.4 is 0 Å². The highest BCUT2D eigenvalue weighted by Gasteiger charge is 2.47. The van der Waals surface area contributed by atoms with Crippen molar-refractivity contribution in [1.82, 2.24) is 15.2 Å². The van der Waals surface area contributed by atoms with E-state index in [-0.39, 0.29) is 17.8 Å². The fraction of sp³-hybridized carbons (Fsp3) is 0.429. The molecule has 114 valence electrons. The Hall–Kier alpha value is -1.86. The second-order valence-corrected chi connectivity index (χ2v) is 5.62. The van der Waals surface area contributed by atoms with Gasteiger partial charge in [-0.25, -0.2) is 13.8 Å². The Kier molecular flexibility index (Phi) is 4.06. The highest BCUT2D eigenvalue weighted by atomic mass is 19.1. The van der Waals surface area contributed by atoms with Crippen LogP contribution in [0.15, 0.2) is 24.5 Å². The fourth-order valence-corrected chi connectivity index (χ4v) is 2.20. The largest absolute Gasteiger partial charge is 0.396 e. The number of aromatic nitrogens is 3. The molecule has 7 heteroatoms. The zero-order chi connectivity index (χ0) is 15.7. The zero-order valence-electron chi connectivity index (χ0n) is 11.8. The van der Waals surface area contributed by atoms with Crippen molar-refractivity contribution in [3.63, 3.8) is 0 Å². The average molecular weight is 297 g/mol. The molecule has 1 heterocycles. The first-order valence-electron chi connectivity index (χ1n) is 6.43. The molecule has 21 heavy (non-hydrogen) atoms. The fourth-order valence-electron chi connectivity index (χ4n) is 2.20. The SMILES string of the molecule is CC(C)(CO)C(O)(Cc1nc[nH]n1)c1ccc(F)cc1F. The van der Waals surface area contributed by atoms with Gasteiger partial charge in [0.05, 0.1) is 6.61 Å². The molecule has 0 fully saturated rings. The summed E-state index contributed by atoms with van der Waals surface area (Å²) < 4.78 is 27.2. The van der Waals surface area contributed by atoms with Crippen LogP contribution in [-0.4, -0.2) is 32.0 Å². The number of halogens is 2. The van der Waals surface area contributed by atoms with Crippen molar-refractivity contribution in [2.24, 2.45) is 5.41 Å². The lowest BCUT2D eigenvalue weighted by Gasteiger charge is -2.41. The number of nitrogens with one attached hydrogen (secondary N) is 1. The van der Waals surface area contributed by atoms with Crippen molar-refractivity contribution in [2.45, 2.75) is 25.9 Å². The van der Waals surface area contributed by atoms with Crippen LogP contribution in [0.2, 0.25) is 0 Å². The smallest absolute Gasteiger partial charge is 0.153 e. The van der Waals surface area contributed by atoms with Crippen molar-refractivity contribution in [1.29, 1.82) is 0 Å². The van der Waals surface area contributed by atoms with Gasteiger partial charge >= 0.3 is 0 Å². The summed E-state index contributed by atoms with van der Waals surface area (Å²) in [4.78, 5) is 3.92. The molecule has 0 aliphatic heterocycles. The first-order valence-corrected chi connectivity index (χ1v) is 6.43. The molecule has 1 aromatic carbocycles. The number of benzene rings is 1. The molecule has 1 aromatic heterocycles. The number of aliphatic hydroxyl groups excluding tert-OH is 1. The number of H-pyrrole nitrogens is 1. The molecule has 0 aliphatic rings. The van der Waals surface area contributed by atoms with E-state index in [0.717, 1.165) is 6.07 Å². The van der Waals surface area contributed by atoms with Crippen LogP contribution in [0.1, 0.15) is 25.2 Å². The van der Waals surface area contributed by atoms with E-state index in [9.17, 15) is 19.0 Å². The predicted molar refractivity (Wildman–Crippen MR) is 71.2 cm³/mol. The van der Waals surface area contributed by atoms with Crippen molar-refractivity contribution in [2.75, 3.05) is 6.61 Å². The molecule has 2 aromatic rings. The maximum absolute atomic E-state index is 14.1. The van der Waals surface area contributed by atoms with Crippen molar-refractivity contribution in [3.8, 4) is 0 Å². The molecule has 1 atom stereocenters. The van der Waals surface area contributed by atoms with Gasteiger partial charge in [-0.15, -0.1) is 0 Å². The van der Waals surface area contributed by atoms with Crippen LogP contribution in [0.25, 0.3) is 0 Å².